The van der Waals surface area contributed by atoms with E-state index in [2.05, 4.69) is 6.92 Å². The predicted molar refractivity (Wildman–Crippen MR) is 54.4 cm³/mol. The lowest BCUT2D eigenvalue weighted by Crippen LogP contribution is -2.42. The van der Waals surface area contributed by atoms with E-state index < -0.39 is 5.97 Å². The summed E-state index contributed by atoms with van der Waals surface area (Å²) < 4.78 is 0.143. The molecule has 0 atom stereocenters. The van der Waals surface area contributed by atoms with Crippen molar-refractivity contribution in [2.24, 2.45) is 0 Å². The Morgan fingerprint density at radius 1 is 1.50 bits per heavy atom. The molecule has 0 rings (SSSR count). The van der Waals surface area contributed by atoms with Gasteiger partial charge in [0.05, 0.1) is 0 Å². The molecule has 4 nitrogen and oxygen atoms in total. The van der Waals surface area contributed by atoms with E-state index in [0.29, 0.717) is 0 Å². The molecule has 0 saturated carbocycles. The average molecular weight is 202 g/mol. The number of hydroxylamine groups is 3. The second-order valence-electron chi connectivity index (χ2n) is 3.70. The minimum Gasteiger partial charge on any atom is -0.502 e. The summed E-state index contributed by atoms with van der Waals surface area (Å²) in [4.78, 5) is 16.3. The smallest absolute Gasteiger partial charge is 0.430 e. The number of aliphatic hydroxyl groups excluding tert-OH is 1. The van der Waals surface area contributed by atoms with Crippen molar-refractivity contribution in [1.82, 2.24) is 0 Å². The number of rotatable bonds is 5. The van der Waals surface area contributed by atoms with Crippen LogP contribution in [0, 0.1) is 0 Å². The first-order valence-electron chi connectivity index (χ1n) is 4.85. The number of unbranched alkanes of at least 4 members (excludes halogenated alkanes) is 1. The predicted octanol–water partition coefficient (Wildman–Crippen LogP) is 1.78. The fraction of sp³-hybridized carbons (Fsp3) is 0.700. The Labute approximate surface area is 85.3 Å². The maximum absolute atomic E-state index is 11.2. The molecule has 0 aliphatic heterocycles. The number of allylic oxidation sites excluding steroid dienone is 1. The maximum atomic E-state index is 11.2. The molecule has 0 fully saturated rings. The fourth-order valence-electron chi connectivity index (χ4n) is 0.974. The summed E-state index contributed by atoms with van der Waals surface area (Å²) in [6.45, 7) is 4.41. The highest BCUT2D eigenvalue weighted by Gasteiger charge is 2.23. The number of nitrogens with zero attached hydrogens (tertiary/aromatic N) is 1. The van der Waals surface area contributed by atoms with Gasteiger partial charge in [-0.2, -0.15) is 0 Å². The van der Waals surface area contributed by atoms with Crippen LogP contribution in [0.5, 0.6) is 0 Å². The molecule has 0 aromatic rings. The number of carbonyl (C=O) groups is 1. The van der Waals surface area contributed by atoms with Gasteiger partial charge in [-0.05, 0) is 19.4 Å². The van der Waals surface area contributed by atoms with Gasteiger partial charge in [0.25, 0.3) is 0 Å². The molecular formula is C10H20NO3+. The Hall–Kier alpha value is -1.03. The van der Waals surface area contributed by atoms with E-state index in [9.17, 15) is 4.79 Å². The minimum atomic E-state index is -0.673. The first-order chi connectivity index (χ1) is 6.43. The Balaban J connectivity index is 4.14. The monoisotopic (exact) mass is 202 g/mol. The van der Waals surface area contributed by atoms with Crippen LogP contribution in [0.1, 0.15) is 26.7 Å². The summed E-state index contributed by atoms with van der Waals surface area (Å²) in [6, 6.07) is 0. The zero-order chi connectivity index (χ0) is 11.2. The second kappa shape index (κ2) is 5.65. The normalized spacial score (nSPS) is 12.7. The Morgan fingerprint density at radius 2 is 2.07 bits per heavy atom. The van der Waals surface area contributed by atoms with Gasteiger partial charge in [0.2, 0.25) is 5.76 Å². The van der Waals surface area contributed by atoms with E-state index in [4.69, 9.17) is 9.94 Å². The topological polar surface area (TPSA) is 46.5 Å². The molecule has 4 heteroatoms. The van der Waals surface area contributed by atoms with Crippen LogP contribution in [0.3, 0.4) is 0 Å². The van der Waals surface area contributed by atoms with E-state index in [1.54, 1.807) is 21.0 Å². The lowest BCUT2D eigenvalue weighted by atomic mass is 10.3. The van der Waals surface area contributed by atoms with Crippen molar-refractivity contribution in [3.63, 3.8) is 0 Å². The molecule has 0 aromatic carbocycles. The minimum absolute atomic E-state index is 0.143. The van der Waals surface area contributed by atoms with Gasteiger partial charge in [-0.1, -0.05) is 13.3 Å². The summed E-state index contributed by atoms with van der Waals surface area (Å²) in [5, 5.41) is 9.09. The SMILES string of the molecule is CC=C(O)C(=O)O[N+](C)(C)CCCC. The van der Waals surface area contributed by atoms with Gasteiger partial charge >= 0.3 is 5.97 Å². The number of hydrogen-bond acceptors (Lipinski definition) is 3. The van der Waals surface area contributed by atoms with Crippen molar-refractivity contribution in [1.29, 1.82) is 0 Å². The Morgan fingerprint density at radius 3 is 2.50 bits per heavy atom. The molecule has 82 valence electrons. The van der Waals surface area contributed by atoms with Crippen molar-refractivity contribution in [2.45, 2.75) is 26.7 Å². The number of quaternary nitrogens is 1. The second-order valence-corrected chi connectivity index (χ2v) is 3.70. The highest BCUT2D eigenvalue weighted by atomic mass is 16.7. The van der Waals surface area contributed by atoms with Crippen molar-refractivity contribution >= 4 is 5.97 Å². The summed E-state index contributed by atoms with van der Waals surface area (Å²) >= 11 is 0. The zero-order valence-corrected chi connectivity index (χ0v) is 9.41. The average Bonchev–Trinajstić information content (AvgIpc) is 2.12. The lowest BCUT2D eigenvalue weighted by Gasteiger charge is -2.25. The van der Waals surface area contributed by atoms with E-state index in [0.717, 1.165) is 19.4 Å². The fourth-order valence-corrected chi connectivity index (χ4v) is 0.974. The van der Waals surface area contributed by atoms with Crippen LogP contribution < -0.4 is 0 Å². The molecule has 0 unspecified atom stereocenters. The van der Waals surface area contributed by atoms with Gasteiger partial charge in [0, 0.05) is 0 Å². The molecule has 14 heavy (non-hydrogen) atoms. The van der Waals surface area contributed by atoms with Crippen molar-refractivity contribution < 1.29 is 19.4 Å². The first-order valence-corrected chi connectivity index (χ1v) is 4.85. The summed E-state index contributed by atoms with van der Waals surface area (Å²) in [6.07, 6.45) is 3.36. The summed E-state index contributed by atoms with van der Waals surface area (Å²) in [7, 11) is 3.58. The van der Waals surface area contributed by atoms with E-state index in [-0.39, 0.29) is 10.4 Å². The van der Waals surface area contributed by atoms with E-state index in [1.807, 2.05) is 0 Å². The quantitative estimate of drug-likeness (QED) is 0.320. The Bertz CT molecular complexity index is 221. The number of hydrogen-bond donors (Lipinski definition) is 1. The Kier molecular flexibility index (Phi) is 5.23. The zero-order valence-electron chi connectivity index (χ0n) is 9.41. The third-order valence-corrected chi connectivity index (χ3v) is 1.86. The first kappa shape index (κ1) is 13.0. The molecule has 0 heterocycles. The standard InChI is InChI=1S/C10H19NO3/c1-5-7-8-11(3,4)14-10(13)9(12)6-2/h6H,5,7-8H2,1-4H3/p+1. The molecule has 1 N–H and O–H groups in total. The van der Waals surface area contributed by atoms with Gasteiger partial charge in [-0.3, -0.25) is 4.84 Å². The third-order valence-electron chi connectivity index (χ3n) is 1.86. The van der Waals surface area contributed by atoms with Crippen LogP contribution >= 0.6 is 0 Å². The maximum Gasteiger partial charge on any atom is 0.430 e. The van der Waals surface area contributed by atoms with Crippen molar-refractivity contribution in [3.05, 3.63) is 11.8 Å². The van der Waals surface area contributed by atoms with Crippen LogP contribution in [0.25, 0.3) is 0 Å². The van der Waals surface area contributed by atoms with Gasteiger partial charge in [0.15, 0.2) is 0 Å². The van der Waals surface area contributed by atoms with Crippen LogP contribution in [0.2, 0.25) is 0 Å². The largest absolute Gasteiger partial charge is 0.502 e. The van der Waals surface area contributed by atoms with Gasteiger partial charge < -0.3 is 5.11 Å². The third kappa shape index (κ3) is 4.87. The molecule has 0 aromatic heterocycles. The van der Waals surface area contributed by atoms with Gasteiger partial charge in [-0.15, -0.1) is 4.65 Å². The number of aliphatic hydroxyl groups is 1. The molecule has 0 aliphatic carbocycles. The van der Waals surface area contributed by atoms with Gasteiger partial charge in [-0.25, -0.2) is 4.79 Å². The van der Waals surface area contributed by atoms with Crippen molar-refractivity contribution in [3.8, 4) is 0 Å². The molecule has 0 aliphatic rings. The highest BCUT2D eigenvalue weighted by molar-refractivity contribution is 5.84. The van der Waals surface area contributed by atoms with Gasteiger partial charge in [0.1, 0.15) is 20.6 Å². The molecule has 0 radical (unpaired) electrons. The highest BCUT2D eigenvalue weighted by Crippen LogP contribution is 2.06. The van der Waals surface area contributed by atoms with Crippen LogP contribution in [-0.4, -0.2) is 36.4 Å². The van der Waals surface area contributed by atoms with Crippen LogP contribution in [0.15, 0.2) is 11.8 Å². The van der Waals surface area contributed by atoms with Crippen LogP contribution in [0.4, 0.5) is 0 Å². The molecular weight excluding hydrogens is 182 g/mol. The van der Waals surface area contributed by atoms with E-state index in [1.165, 1.54) is 6.08 Å². The molecule has 0 saturated heterocycles. The van der Waals surface area contributed by atoms with Crippen LogP contribution in [-0.2, 0) is 9.63 Å². The molecule has 0 spiro atoms. The lowest BCUT2D eigenvalue weighted by molar-refractivity contribution is -1.06. The summed E-state index contributed by atoms with van der Waals surface area (Å²) in [5.41, 5.74) is 0. The molecule has 0 amide bonds. The summed E-state index contributed by atoms with van der Waals surface area (Å²) in [5.74, 6) is -1.01. The van der Waals surface area contributed by atoms with E-state index >= 15 is 0 Å². The number of carbonyl (C=O) groups excluding carboxylic acids is 1. The molecule has 0 bridgehead atoms. The van der Waals surface area contributed by atoms with Crippen molar-refractivity contribution in [2.75, 3.05) is 20.6 Å².